The number of carbonyl (C=O) groups excluding carboxylic acids is 1. The van der Waals surface area contributed by atoms with Crippen molar-refractivity contribution in [1.29, 1.82) is 0 Å². The van der Waals surface area contributed by atoms with Gasteiger partial charge in [0.25, 0.3) is 5.91 Å². The molecule has 0 atom stereocenters. The standard InChI is InChI=1S/C20H15F3N6O2/c1-28-17-11-7-13(25-9-14(11)27-18(24)12(17)8-26-28)19(30)29-4-5-31-16-6-10(20(21,22)23)2-3-15(16)29/h2-3,6-9H,4-5H2,1H3,(H2,24,27). The summed E-state index contributed by atoms with van der Waals surface area (Å²) in [7, 11) is 1.75. The molecular formula is C20H15F3N6O2. The van der Waals surface area contributed by atoms with Crippen LogP contribution in [0.1, 0.15) is 16.1 Å². The van der Waals surface area contributed by atoms with E-state index in [4.69, 9.17) is 10.5 Å². The lowest BCUT2D eigenvalue weighted by Crippen LogP contribution is -2.38. The molecular weight excluding hydrogens is 413 g/mol. The predicted molar refractivity (Wildman–Crippen MR) is 107 cm³/mol. The summed E-state index contributed by atoms with van der Waals surface area (Å²) < 4.78 is 46.1. The molecule has 0 saturated carbocycles. The van der Waals surface area contributed by atoms with Gasteiger partial charge in [0, 0.05) is 12.4 Å². The SMILES string of the molecule is Cn1ncc2c(N)nc3cnc(C(=O)N4CCOc5cc(C(F)(F)F)ccc54)cc3c21. The van der Waals surface area contributed by atoms with E-state index in [1.807, 2.05) is 0 Å². The van der Waals surface area contributed by atoms with Crippen LogP contribution in [0.5, 0.6) is 5.75 Å². The summed E-state index contributed by atoms with van der Waals surface area (Å²) in [5.74, 6) is -0.156. The maximum Gasteiger partial charge on any atom is 0.416 e. The maximum absolute atomic E-state index is 13.2. The van der Waals surface area contributed by atoms with Crippen molar-refractivity contribution in [2.45, 2.75) is 6.18 Å². The Bertz CT molecular complexity index is 1360. The molecule has 0 unspecified atom stereocenters. The normalized spacial score (nSPS) is 14.0. The Labute approximate surface area is 173 Å². The number of rotatable bonds is 1. The number of aromatic nitrogens is 4. The molecule has 1 amide bonds. The summed E-state index contributed by atoms with van der Waals surface area (Å²) in [6.07, 6.45) is -1.47. The van der Waals surface area contributed by atoms with E-state index >= 15 is 0 Å². The van der Waals surface area contributed by atoms with Gasteiger partial charge >= 0.3 is 6.18 Å². The summed E-state index contributed by atoms with van der Waals surface area (Å²) in [6, 6.07) is 4.65. The van der Waals surface area contributed by atoms with E-state index in [2.05, 4.69) is 15.1 Å². The lowest BCUT2D eigenvalue weighted by molar-refractivity contribution is -0.137. The van der Waals surface area contributed by atoms with E-state index in [-0.39, 0.29) is 30.3 Å². The molecule has 4 aromatic rings. The second-order valence-corrected chi connectivity index (χ2v) is 7.10. The number of halogens is 3. The summed E-state index contributed by atoms with van der Waals surface area (Å²) >= 11 is 0. The Hall–Kier alpha value is -3.89. The molecule has 1 aliphatic heterocycles. The van der Waals surface area contributed by atoms with Crippen LogP contribution in [0.15, 0.2) is 36.7 Å². The quantitative estimate of drug-likeness (QED) is 0.500. The fourth-order valence-electron chi connectivity index (χ4n) is 3.72. The molecule has 158 valence electrons. The van der Waals surface area contributed by atoms with Crippen molar-refractivity contribution in [2.75, 3.05) is 23.8 Å². The van der Waals surface area contributed by atoms with Crippen molar-refractivity contribution >= 4 is 39.2 Å². The molecule has 0 spiro atoms. The van der Waals surface area contributed by atoms with Crippen LogP contribution >= 0.6 is 0 Å². The molecule has 8 nitrogen and oxygen atoms in total. The first-order valence-electron chi connectivity index (χ1n) is 9.27. The van der Waals surface area contributed by atoms with Crippen molar-refractivity contribution in [2.24, 2.45) is 7.05 Å². The number of amides is 1. The van der Waals surface area contributed by atoms with E-state index in [1.54, 1.807) is 24.0 Å². The smallest absolute Gasteiger partial charge is 0.416 e. The lowest BCUT2D eigenvalue weighted by atomic mass is 10.1. The van der Waals surface area contributed by atoms with Gasteiger partial charge in [0.05, 0.1) is 46.6 Å². The van der Waals surface area contributed by atoms with Gasteiger partial charge in [-0.05, 0) is 24.3 Å². The second kappa shape index (κ2) is 6.56. The maximum atomic E-state index is 13.2. The van der Waals surface area contributed by atoms with Crippen LogP contribution in [0.25, 0.3) is 21.8 Å². The first-order valence-corrected chi connectivity index (χ1v) is 9.27. The van der Waals surface area contributed by atoms with E-state index < -0.39 is 17.6 Å². The highest BCUT2D eigenvalue weighted by molar-refractivity contribution is 6.12. The predicted octanol–water partition coefficient (Wildman–Crippen LogP) is 3.16. The summed E-state index contributed by atoms with van der Waals surface area (Å²) in [5.41, 5.74) is 6.73. The van der Waals surface area contributed by atoms with E-state index in [1.165, 1.54) is 17.2 Å². The van der Waals surface area contributed by atoms with Crippen molar-refractivity contribution < 1.29 is 22.7 Å². The summed E-state index contributed by atoms with van der Waals surface area (Å²) in [5, 5.41) is 5.49. The van der Waals surface area contributed by atoms with Gasteiger partial charge in [-0.3, -0.25) is 9.48 Å². The van der Waals surface area contributed by atoms with Gasteiger partial charge in [-0.15, -0.1) is 0 Å². The van der Waals surface area contributed by atoms with E-state index in [0.29, 0.717) is 27.6 Å². The average molecular weight is 428 g/mol. The molecule has 1 aliphatic rings. The van der Waals surface area contributed by atoms with Crippen LogP contribution < -0.4 is 15.4 Å². The molecule has 4 heterocycles. The summed E-state index contributed by atoms with van der Waals surface area (Å²) in [6.45, 7) is 0.246. The van der Waals surface area contributed by atoms with Gasteiger partial charge in [0.2, 0.25) is 0 Å². The molecule has 5 rings (SSSR count). The monoisotopic (exact) mass is 428 g/mol. The van der Waals surface area contributed by atoms with Crippen LogP contribution in [-0.4, -0.2) is 38.8 Å². The number of anilines is 2. The number of hydrogen-bond acceptors (Lipinski definition) is 6. The van der Waals surface area contributed by atoms with Gasteiger partial charge < -0.3 is 15.4 Å². The third-order valence-electron chi connectivity index (χ3n) is 5.21. The Morgan fingerprint density at radius 2 is 2.00 bits per heavy atom. The fraction of sp³-hybridized carbons (Fsp3) is 0.200. The van der Waals surface area contributed by atoms with Crippen molar-refractivity contribution in [3.05, 3.63) is 47.9 Å². The Morgan fingerprint density at radius 1 is 1.19 bits per heavy atom. The third-order valence-corrected chi connectivity index (χ3v) is 5.21. The lowest BCUT2D eigenvalue weighted by Gasteiger charge is -2.29. The zero-order valence-corrected chi connectivity index (χ0v) is 16.1. The Balaban J connectivity index is 1.59. The molecule has 1 aromatic carbocycles. The highest BCUT2D eigenvalue weighted by Gasteiger charge is 2.33. The first-order chi connectivity index (χ1) is 14.7. The molecule has 0 fully saturated rings. The number of benzene rings is 1. The molecule has 0 bridgehead atoms. The average Bonchev–Trinajstić information content (AvgIpc) is 3.14. The Morgan fingerprint density at radius 3 is 2.77 bits per heavy atom. The number of pyridine rings is 2. The molecule has 0 aliphatic carbocycles. The van der Waals surface area contributed by atoms with Gasteiger partial charge in [-0.1, -0.05) is 0 Å². The van der Waals surface area contributed by atoms with E-state index in [0.717, 1.165) is 12.1 Å². The molecule has 0 radical (unpaired) electrons. The summed E-state index contributed by atoms with van der Waals surface area (Å²) in [4.78, 5) is 23.1. The number of aryl methyl sites for hydroxylation is 1. The number of hydrogen-bond donors (Lipinski definition) is 1. The van der Waals surface area contributed by atoms with Gasteiger partial charge in [0.15, 0.2) is 0 Å². The fourth-order valence-corrected chi connectivity index (χ4v) is 3.72. The number of fused-ring (bicyclic) bond motifs is 4. The van der Waals surface area contributed by atoms with Crippen LogP contribution in [0.3, 0.4) is 0 Å². The number of nitrogens with two attached hydrogens (primary N) is 1. The number of nitrogens with zero attached hydrogens (tertiary/aromatic N) is 5. The molecule has 0 saturated heterocycles. The van der Waals surface area contributed by atoms with Crippen LogP contribution in [-0.2, 0) is 13.2 Å². The van der Waals surface area contributed by atoms with Gasteiger partial charge in [-0.2, -0.15) is 18.3 Å². The van der Waals surface area contributed by atoms with Crippen molar-refractivity contribution in [3.63, 3.8) is 0 Å². The number of alkyl halides is 3. The molecule has 3 aromatic heterocycles. The van der Waals surface area contributed by atoms with Gasteiger partial charge in [0.1, 0.15) is 23.9 Å². The first kappa shape index (κ1) is 19.1. The second-order valence-electron chi connectivity index (χ2n) is 7.10. The third kappa shape index (κ3) is 3.00. The number of carbonyl (C=O) groups is 1. The number of ether oxygens (including phenoxy) is 1. The van der Waals surface area contributed by atoms with Crippen molar-refractivity contribution in [1.82, 2.24) is 19.7 Å². The van der Waals surface area contributed by atoms with Crippen LogP contribution in [0.2, 0.25) is 0 Å². The van der Waals surface area contributed by atoms with E-state index in [9.17, 15) is 18.0 Å². The highest BCUT2D eigenvalue weighted by Crippen LogP contribution is 2.38. The highest BCUT2D eigenvalue weighted by atomic mass is 19.4. The minimum Gasteiger partial charge on any atom is -0.490 e. The molecule has 31 heavy (non-hydrogen) atoms. The minimum absolute atomic E-state index is 0.00122. The largest absolute Gasteiger partial charge is 0.490 e. The zero-order chi connectivity index (χ0) is 21.9. The van der Waals surface area contributed by atoms with Crippen molar-refractivity contribution in [3.8, 4) is 5.75 Å². The van der Waals surface area contributed by atoms with Gasteiger partial charge in [-0.25, -0.2) is 9.97 Å². The minimum atomic E-state index is -4.51. The topological polar surface area (TPSA) is 99.2 Å². The van der Waals surface area contributed by atoms with Crippen LogP contribution in [0.4, 0.5) is 24.7 Å². The molecule has 2 N–H and O–H groups in total. The Kier molecular flexibility index (Phi) is 4.04. The molecule has 11 heteroatoms. The van der Waals surface area contributed by atoms with Crippen LogP contribution in [0, 0.1) is 0 Å². The number of nitrogen functional groups attached to an aromatic ring is 1. The zero-order valence-electron chi connectivity index (χ0n) is 16.1.